The minimum atomic E-state index is 0.531. The second-order valence-electron chi connectivity index (χ2n) is 3.74. The van der Waals surface area contributed by atoms with Crippen LogP contribution < -0.4 is 14.8 Å². The number of hydrogen-bond acceptors (Lipinski definition) is 4. The average molecular weight is 255 g/mol. The van der Waals surface area contributed by atoms with Crippen molar-refractivity contribution in [3.63, 3.8) is 0 Å². The first-order valence-electron chi connectivity index (χ1n) is 5.46. The van der Waals surface area contributed by atoms with E-state index in [4.69, 9.17) is 21.1 Å². The van der Waals surface area contributed by atoms with Crippen LogP contribution in [0.5, 0.6) is 11.5 Å². The second-order valence-corrected chi connectivity index (χ2v) is 4.15. The molecule has 0 amide bonds. The molecule has 0 unspecified atom stereocenters. The van der Waals surface area contributed by atoms with E-state index >= 15 is 0 Å². The Kier molecular flexibility index (Phi) is 3.74. The Labute approximate surface area is 106 Å². The Morgan fingerprint density at radius 1 is 1.24 bits per heavy atom. The first kappa shape index (κ1) is 12.0. The van der Waals surface area contributed by atoms with Crippen molar-refractivity contribution in [3.05, 3.63) is 17.2 Å². The summed E-state index contributed by atoms with van der Waals surface area (Å²) in [6, 6.07) is 3.56. The summed E-state index contributed by atoms with van der Waals surface area (Å²) in [5, 5.41) is 3.78. The first-order valence-corrected chi connectivity index (χ1v) is 5.84. The number of nitrogens with zero attached hydrogens (tertiary/aromatic N) is 1. The number of aliphatic imine (C=N–C) groups is 1. The van der Waals surface area contributed by atoms with Gasteiger partial charge in [0.2, 0.25) is 0 Å². The van der Waals surface area contributed by atoms with E-state index in [1.807, 2.05) is 6.07 Å². The number of benzene rings is 1. The molecular weight excluding hydrogens is 240 g/mol. The van der Waals surface area contributed by atoms with Crippen LogP contribution in [0.15, 0.2) is 17.1 Å². The number of rotatable bonds is 3. The molecule has 2 rings (SSSR count). The Balaban J connectivity index is 2.29. The van der Waals surface area contributed by atoms with Gasteiger partial charge in [0.15, 0.2) is 0 Å². The van der Waals surface area contributed by atoms with Gasteiger partial charge in [0.1, 0.15) is 17.3 Å². The highest BCUT2D eigenvalue weighted by Crippen LogP contribution is 2.36. The van der Waals surface area contributed by atoms with Crippen molar-refractivity contribution in [1.82, 2.24) is 0 Å². The first-order chi connectivity index (χ1) is 8.24. The van der Waals surface area contributed by atoms with E-state index < -0.39 is 0 Å². The fourth-order valence-electron chi connectivity index (χ4n) is 1.76. The molecule has 4 nitrogen and oxygen atoms in total. The minimum absolute atomic E-state index is 0.531. The van der Waals surface area contributed by atoms with Crippen LogP contribution in [0.25, 0.3) is 0 Å². The van der Waals surface area contributed by atoms with Gasteiger partial charge in [-0.3, -0.25) is 4.99 Å². The number of methoxy groups -OCH3 is 2. The van der Waals surface area contributed by atoms with Crippen LogP contribution in [-0.2, 0) is 0 Å². The second kappa shape index (κ2) is 5.27. The fraction of sp³-hybridized carbons (Fsp3) is 0.417. The van der Waals surface area contributed by atoms with Crippen molar-refractivity contribution in [2.75, 3.05) is 26.1 Å². The van der Waals surface area contributed by atoms with Gasteiger partial charge in [0.05, 0.1) is 24.9 Å². The molecule has 0 aliphatic carbocycles. The van der Waals surface area contributed by atoms with Crippen LogP contribution in [0, 0.1) is 0 Å². The summed E-state index contributed by atoms with van der Waals surface area (Å²) in [6.45, 7) is 0.884. The van der Waals surface area contributed by atoms with Crippen LogP contribution in [0.4, 0.5) is 5.69 Å². The predicted octanol–water partition coefficient (Wildman–Crippen LogP) is 2.96. The average Bonchev–Trinajstić information content (AvgIpc) is 2.83. The molecule has 5 heteroatoms. The third-order valence-electron chi connectivity index (χ3n) is 2.63. The Morgan fingerprint density at radius 2 is 2.00 bits per heavy atom. The summed E-state index contributed by atoms with van der Waals surface area (Å²) < 4.78 is 10.5. The highest BCUT2D eigenvalue weighted by Gasteiger charge is 2.13. The van der Waals surface area contributed by atoms with Crippen LogP contribution in [0.2, 0.25) is 5.02 Å². The van der Waals surface area contributed by atoms with E-state index in [0.29, 0.717) is 16.5 Å². The monoisotopic (exact) mass is 254 g/mol. The lowest BCUT2D eigenvalue weighted by Gasteiger charge is -2.13. The number of ether oxygens (including phenoxy) is 2. The van der Waals surface area contributed by atoms with Gasteiger partial charge < -0.3 is 14.8 Å². The predicted molar refractivity (Wildman–Crippen MR) is 69.7 cm³/mol. The lowest BCUT2D eigenvalue weighted by molar-refractivity contribution is 0.405. The molecule has 0 bridgehead atoms. The molecule has 1 aromatic carbocycles. The van der Waals surface area contributed by atoms with Crippen LogP contribution in [0.1, 0.15) is 12.8 Å². The van der Waals surface area contributed by atoms with Gasteiger partial charge in [-0.15, -0.1) is 0 Å². The smallest absolute Gasteiger partial charge is 0.144 e. The van der Waals surface area contributed by atoms with Crippen LogP contribution >= 0.6 is 11.6 Å². The Bertz CT molecular complexity index is 446. The van der Waals surface area contributed by atoms with Crippen LogP contribution in [-0.4, -0.2) is 26.6 Å². The third kappa shape index (κ3) is 2.64. The lowest BCUT2D eigenvalue weighted by atomic mass is 10.2. The maximum absolute atomic E-state index is 6.03. The standard InChI is InChI=1S/C12H15ClN2O2/c1-16-10-7-9(11(17-2)6-8(10)13)15-12-4-3-5-14-12/h6-7H,3-5H2,1-2H3,(H,14,15). The molecule has 1 N–H and O–H groups in total. The van der Waals surface area contributed by atoms with Crippen molar-refractivity contribution >= 4 is 23.1 Å². The molecule has 0 saturated carbocycles. The summed E-state index contributed by atoms with van der Waals surface area (Å²) in [4.78, 5) is 4.36. The number of anilines is 1. The topological polar surface area (TPSA) is 42.8 Å². The van der Waals surface area contributed by atoms with Crippen molar-refractivity contribution in [2.45, 2.75) is 12.8 Å². The zero-order valence-electron chi connectivity index (χ0n) is 9.92. The molecule has 0 atom stereocenters. The quantitative estimate of drug-likeness (QED) is 0.902. The normalized spacial score (nSPS) is 14.4. The molecule has 1 aliphatic heterocycles. The van der Waals surface area contributed by atoms with Crippen molar-refractivity contribution < 1.29 is 9.47 Å². The van der Waals surface area contributed by atoms with Gasteiger partial charge in [-0.25, -0.2) is 0 Å². The maximum atomic E-state index is 6.03. The fourth-order valence-corrected chi connectivity index (χ4v) is 1.99. The molecule has 17 heavy (non-hydrogen) atoms. The largest absolute Gasteiger partial charge is 0.495 e. The third-order valence-corrected chi connectivity index (χ3v) is 2.92. The van der Waals surface area contributed by atoms with E-state index in [1.165, 1.54) is 0 Å². The molecule has 0 radical (unpaired) electrons. The van der Waals surface area contributed by atoms with E-state index in [9.17, 15) is 0 Å². The molecule has 0 aromatic heterocycles. The van der Waals surface area contributed by atoms with Crippen molar-refractivity contribution in [3.8, 4) is 11.5 Å². The zero-order chi connectivity index (χ0) is 12.3. The number of nitrogens with one attached hydrogen (secondary N) is 1. The highest BCUT2D eigenvalue weighted by molar-refractivity contribution is 6.32. The lowest BCUT2D eigenvalue weighted by Crippen LogP contribution is -2.09. The van der Waals surface area contributed by atoms with E-state index in [-0.39, 0.29) is 0 Å². The number of amidine groups is 1. The number of halogens is 1. The molecule has 1 aromatic rings. The summed E-state index contributed by atoms with van der Waals surface area (Å²) >= 11 is 6.03. The van der Waals surface area contributed by atoms with Gasteiger partial charge in [-0.1, -0.05) is 11.6 Å². The molecule has 1 heterocycles. The van der Waals surface area contributed by atoms with Gasteiger partial charge in [-0.2, -0.15) is 0 Å². The zero-order valence-corrected chi connectivity index (χ0v) is 10.7. The summed E-state index contributed by atoms with van der Waals surface area (Å²) in [5.41, 5.74) is 0.828. The molecule has 1 aliphatic rings. The van der Waals surface area contributed by atoms with Gasteiger partial charge >= 0.3 is 0 Å². The van der Waals surface area contributed by atoms with E-state index in [2.05, 4.69) is 10.3 Å². The van der Waals surface area contributed by atoms with Gasteiger partial charge in [-0.05, 0) is 6.42 Å². The highest BCUT2D eigenvalue weighted by atomic mass is 35.5. The molecule has 0 saturated heterocycles. The van der Waals surface area contributed by atoms with Crippen LogP contribution in [0.3, 0.4) is 0 Å². The van der Waals surface area contributed by atoms with Crippen molar-refractivity contribution in [1.29, 1.82) is 0 Å². The van der Waals surface area contributed by atoms with Gasteiger partial charge in [0, 0.05) is 25.1 Å². The minimum Gasteiger partial charge on any atom is -0.495 e. The molecule has 92 valence electrons. The SMILES string of the molecule is COc1cc(NC2=NCCC2)c(OC)cc1Cl. The van der Waals surface area contributed by atoms with Gasteiger partial charge in [0.25, 0.3) is 0 Å². The summed E-state index contributed by atoms with van der Waals surface area (Å²) in [5.74, 6) is 2.28. The molecular formula is C12H15ClN2O2. The van der Waals surface area contributed by atoms with Crippen molar-refractivity contribution in [2.24, 2.45) is 4.99 Å². The Morgan fingerprint density at radius 3 is 2.59 bits per heavy atom. The summed E-state index contributed by atoms with van der Waals surface area (Å²) in [6.07, 6.45) is 2.06. The molecule has 0 spiro atoms. The molecule has 0 fully saturated rings. The summed E-state index contributed by atoms with van der Waals surface area (Å²) in [7, 11) is 3.20. The maximum Gasteiger partial charge on any atom is 0.144 e. The number of hydrogen-bond donors (Lipinski definition) is 1. The Hall–Kier alpha value is -1.42. The van der Waals surface area contributed by atoms with E-state index in [0.717, 1.165) is 30.9 Å². The van der Waals surface area contributed by atoms with E-state index in [1.54, 1.807) is 20.3 Å².